The fraction of sp³-hybridized carbons (Fsp3) is 0.600. The summed E-state index contributed by atoms with van der Waals surface area (Å²) < 4.78 is 5.30. The van der Waals surface area contributed by atoms with Crippen LogP contribution in [0.4, 0.5) is 5.82 Å². The molecule has 2 heterocycles. The molecule has 1 aromatic heterocycles. The van der Waals surface area contributed by atoms with Gasteiger partial charge < -0.3 is 10.1 Å². The number of hydrogen-bond acceptors (Lipinski definition) is 4. The van der Waals surface area contributed by atoms with Gasteiger partial charge in [0.05, 0.1) is 6.61 Å². The van der Waals surface area contributed by atoms with Crippen LogP contribution in [0.3, 0.4) is 0 Å². The van der Waals surface area contributed by atoms with E-state index in [-0.39, 0.29) is 5.28 Å². The van der Waals surface area contributed by atoms with Crippen LogP contribution in [0.1, 0.15) is 12.0 Å². The predicted octanol–water partition coefficient (Wildman–Crippen LogP) is 1.89. The van der Waals surface area contributed by atoms with E-state index in [9.17, 15) is 0 Å². The number of hydrogen-bond donors (Lipinski definition) is 1. The summed E-state index contributed by atoms with van der Waals surface area (Å²) in [5.41, 5.74) is 1.01. The quantitative estimate of drug-likeness (QED) is 0.802. The van der Waals surface area contributed by atoms with Gasteiger partial charge in [-0.25, -0.2) is 9.97 Å². The van der Waals surface area contributed by atoms with Crippen molar-refractivity contribution in [3.63, 3.8) is 0 Å². The fourth-order valence-corrected chi connectivity index (χ4v) is 1.72. The first-order chi connectivity index (χ1) is 7.25. The van der Waals surface area contributed by atoms with Crippen LogP contribution in [0.25, 0.3) is 0 Å². The van der Waals surface area contributed by atoms with Gasteiger partial charge in [-0.2, -0.15) is 0 Å². The van der Waals surface area contributed by atoms with Gasteiger partial charge in [0, 0.05) is 30.8 Å². The Bertz CT molecular complexity index is 339. The third-order valence-corrected chi connectivity index (χ3v) is 2.71. The van der Waals surface area contributed by atoms with Crippen LogP contribution in [0, 0.1) is 12.8 Å². The van der Waals surface area contributed by atoms with Crippen LogP contribution in [-0.4, -0.2) is 29.7 Å². The van der Waals surface area contributed by atoms with Crippen LogP contribution >= 0.6 is 11.6 Å². The van der Waals surface area contributed by atoms with Gasteiger partial charge in [-0.05, 0) is 24.9 Å². The topological polar surface area (TPSA) is 47.0 Å². The number of nitrogens with zero attached hydrogens (tertiary/aromatic N) is 2. The first-order valence-corrected chi connectivity index (χ1v) is 5.44. The molecule has 1 saturated heterocycles. The smallest absolute Gasteiger partial charge is 0.224 e. The van der Waals surface area contributed by atoms with Gasteiger partial charge >= 0.3 is 0 Å². The van der Waals surface area contributed by atoms with Crippen molar-refractivity contribution in [2.45, 2.75) is 13.3 Å². The zero-order chi connectivity index (χ0) is 10.7. The van der Waals surface area contributed by atoms with Crippen LogP contribution in [0.2, 0.25) is 5.28 Å². The van der Waals surface area contributed by atoms with Crippen LogP contribution in [0.15, 0.2) is 6.20 Å². The van der Waals surface area contributed by atoms with Crippen molar-refractivity contribution in [3.8, 4) is 0 Å². The lowest BCUT2D eigenvalue weighted by Gasteiger charge is -2.11. The second kappa shape index (κ2) is 4.77. The number of halogens is 1. The number of ether oxygens (including phenoxy) is 1. The molecule has 0 saturated carbocycles. The summed E-state index contributed by atoms with van der Waals surface area (Å²) in [5, 5.41) is 3.56. The molecule has 1 aliphatic heterocycles. The molecule has 0 spiro atoms. The number of rotatable bonds is 3. The van der Waals surface area contributed by atoms with E-state index in [2.05, 4.69) is 15.3 Å². The highest BCUT2D eigenvalue weighted by atomic mass is 35.5. The summed E-state index contributed by atoms with van der Waals surface area (Å²) in [5.74, 6) is 1.40. The predicted molar refractivity (Wildman–Crippen MR) is 59.2 cm³/mol. The van der Waals surface area contributed by atoms with Crippen molar-refractivity contribution in [2.75, 3.05) is 25.1 Å². The molecular weight excluding hydrogens is 214 g/mol. The molecule has 1 aliphatic rings. The molecular formula is C10H14ClN3O. The van der Waals surface area contributed by atoms with Gasteiger partial charge in [0.25, 0.3) is 0 Å². The van der Waals surface area contributed by atoms with Crippen LogP contribution < -0.4 is 5.32 Å². The van der Waals surface area contributed by atoms with E-state index < -0.39 is 0 Å². The van der Waals surface area contributed by atoms with Crippen molar-refractivity contribution >= 4 is 17.4 Å². The minimum Gasteiger partial charge on any atom is -0.381 e. The van der Waals surface area contributed by atoms with Gasteiger partial charge in [0.15, 0.2) is 0 Å². The highest BCUT2D eigenvalue weighted by Crippen LogP contribution is 2.16. The van der Waals surface area contributed by atoms with Crippen LogP contribution in [0.5, 0.6) is 0 Å². The maximum absolute atomic E-state index is 5.73. The molecule has 0 aliphatic carbocycles. The number of aryl methyl sites for hydroxylation is 1. The molecule has 4 nitrogen and oxygen atoms in total. The van der Waals surface area contributed by atoms with Crippen molar-refractivity contribution in [2.24, 2.45) is 5.92 Å². The Balaban J connectivity index is 1.94. The average Bonchev–Trinajstić information content (AvgIpc) is 2.72. The summed E-state index contributed by atoms with van der Waals surface area (Å²) in [6.07, 6.45) is 2.84. The zero-order valence-electron chi connectivity index (χ0n) is 8.66. The lowest BCUT2D eigenvalue weighted by atomic mass is 10.1. The molecule has 2 rings (SSSR count). The van der Waals surface area contributed by atoms with E-state index >= 15 is 0 Å². The van der Waals surface area contributed by atoms with Gasteiger partial charge in [0.2, 0.25) is 5.28 Å². The molecule has 1 atom stereocenters. The Kier molecular flexibility index (Phi) is 3.38. The molecule has 0 bridgehead atoms. The number of aromatic nitrogens is 2. The van der Waals surface area contributed by atoms with E-state index in [0.717, 1.165) is 37.6 Å². The SMILES string of the molecule is Cc1cnc(Cl)nc1NCC1CCOC1. The first kappa shape index (κ1) is 10.6. The van der Waals surface area contributed by atoms with Crippen LogP contribution in [-0.2, 0) is 4.74 Å². The van der Waals surface area contributed by atoms with E-state index in [4.69, 9.17) is 16.3 Å². The number of nitrogens with one attached hydrogen (secondary N) is 1. The Morgan fingerprint density at radius 2 is 2.53 bits per heavy atom. The standard InChI is InChI=1S/C10H14ClN3O/c1-7-4-13-10(11)14-9(7)12-5-8-2-3-15-6-8/h4,8H,2-3,5-6H2,1H3,(H,12,13,14). The summed E-state index contributed by atoms with van der Waals surface area (Å²) >= 11 is 5.73. The third kappa shape index (κ3) is 2.79. The second-order valence-electron chi connectivity index (χ2n) is 3.78. The summed E-state index contributed by atoms with van der Waals surface area (Å²) in [4.78, 5) is 8.04. The molecule has 1 unspecified atom stereocenters. The summed E-state index contributed by atoms with van der Waals surface area (Å²) in [6, 6.07) is 0. The maximum Gasteiger partial charge on any atom is 0.224 e. The second-order valence-corrected chi connectivity index (χ2v) is 4.12. The molecule has 1 N–H and O–H groups in total. The first-order valence-electron chi connectivity index (χ1n) is 5.06. The Hall–Kier alpha value is -0.870. The highest BCUT2D eigenvalue weighted by molar-refractivity contribution is 6.28. The van der Waals surface area contributed by atoms with Crippen molar-refractivity contribution in [1.29, 1.82) is 0 Å². The van der Waals surface area contributed by atoms with Gasteiger partial charge in [-0.1, -0.05) is 0 Å². The van der Waals surface area contributed by atoms with E-state index in [1.807, 2.05) is 6.92 Å². The lowest BCUT2D eigenvalue weighted by molar-refractivity contribution is 0.187. The molecule has 1 aromatic rings. The Labute approximate surface area is 94.0 Å². The fourth-order valence-electron chi connectivity index (χ4n) is 1.58. The van der Waals surface area contributed by atoms with Crippen molar-refractivity contribution < 1.29 is 4.74 Å². The molecule has 15 heavy (non-hydrogen) atoms. The molecule has 5 heteroatoms. The largest absolute Gasteiger partial charge is 0.381 e. The minimum atomic E-state index is 0.283. The Morgan fingerprint density at radius 1 is 1.67 bits per heavy atom. The molecule has 0 amide bonds. The van der Waals surface area contributed by atoms with E-state index in [0.29, 0.717) is 5.92 Å². The number of anilines is 1. The monoisotopic (exact) mass is 227 g/mol. The van der Waals surface area contributed by atoms with E-state index in [1.165, 1.54) is 0 Å². The van der Waals surface area contributed by atoms with Gasteiger partial charge in [-0.3, -0.25) is 0 Å². The maximum atomic E-state index is 5.73. The molecule has 0 radical (unpaired) electrons. The third-order valence-electron chi connectivity index (χ3n) is 2.52. The van der Waals surface area contributed by atoms with Crippen molar-refractivity contribution in [3.05, 3.63) is 17.0 Å². The lowest BCUT2D eigenvalue weighted by Crippen LogP contribution is -2.15. The normalized spacial score (nSPS) is 20.5. The molecule has 0 aromatic carbocycles. The zero-order valence-corrected chi connectivity index (χ0v) is 9.42. The Morgan fingerprint density at radius 3 is 3.27 bits per heavy atom. The summed E-state index contributed by atoms with van der Waals surface area (Å²) in [6.45, 7) is 4.55. The van der Waals surface area contributed by atoms with Gasteiger partial charge in [-0.15, -0.1) is 0 Å². The summed E-state index contributed by atoms with van der Waals surface area (Å²) in [7, 11) is 0. The highest BCUT2D eigenvalue weighted by Gasteiger charge is 2.15. The minimum absolute atomic E-state index is 0.283. The molecule has 1 fully saturated rings. The van der Waals surface area contributed by atoms with Gasteiger partial charge in [0.1, 0.15) is 5.82 Å². The van der Waals surface area contributed by atoms with E-state index in [1.54, 1.807) is 6.20 Å². The van der Waals surface area contributed by atoms with Crippen molar-refractivity contribution in [1.82, 2.24) is 9.97 Å². The average molecular weight is 228 g/mol. The molecule has 82 valence electrons.